The van der Waals surface area contributed by atoms with Crippen LogP contribution < -0.4 is 10.6 Å². The van der Waals surface area contributed by atoms with Crippen molar-refractivity contribution < 1.29 is 23.7 Å². The van der Waals surface area contributed by atoms with Crippen LogP contribution in [-0.2, 0) is 15.1 Å². The number of anilines is 1. The molecule has 0 spiro atoms. The minimum Gasteiger partial charge on any atom is -0.409 e. The number of hydrogen-bond acceptors (Lipinski definition) is 7. The second-order valence-corrected chi connectivity index (χ2v) is 12.4. The molecule has 3 heterocycles. The van der Waals surface area contributed by atoms with Gasteiger partial charge in [0.05, 0.1) is 6.61 Å². The highest BCUT2D eigenvalue weighted by atomic mass is 19.1. The Morgan fingerprint density at radius 2 is 1.95 bits per heavy atom. The number of alkyl halides is 1. The maximum absolute atomic E-state index is 14.2. The maximum atomic E-state index is 14.2. The van der Waals surface area contributed by atoms with E-state index in [4.69, 9.17) is 20.2 Å². The standard InChI is InChI=1S/C27H32FN5O4/c28-26-12-25(13-26,14-26)11-20(34)33(19-3-1-2-18(10-19)21(29)31-35)15-24-6-8-27(9-7-24,36-16-24)23-30-22(32-37-23)17-4-5-17/h1-3,10,17,35H,4-9,11-16H2,(H2,29,31). The predicted molar refractivity (Wildman–Crippen MR) is 131 cm³/mol. The van der Waals surface area contributed by atoms with Gasteiger partial charge in [-0.3, -0.25) is 4.79 Å². The summed E-state index contributed by atoms with van der Waals surface area (Å²) < 4.78 is 26.3. The number of aromatic nitrogens is 2. The Labute approximate surface area is 214 Å². The van der Waals surface area contributed by atoms with E-state index in [0.717, 1.165) is 44.3 Å². The van der Waals surface area contributed by atoms with Crippen LogP contribution in [0.5, 0.6) is 0 Å². The minimum absolute atomic E-state index is 0.0128. The Bertz CT molecular complexity index is 1240. The smallest absolute Gasteiger partial charge is 0.258 e. The van der Waals surface area contributed by atoms with Gasteiger partial charge < -0.3 is 25.1 Å². The quantitative estimate of drug-likeness (QED) is 0.237. The van der Waals surface area contributed by atoms with Gasteiger partial charge in [0.2, 0.25) is 5.91 Å². The molecule has 7 aliphatic rings. The van der Waals surface area contributed by atoms with Crippen molar-refractivity contribution in [3.8, 4) is 0 Å². The zero-order valence-corrected chi connectivity index (χ0v) is 20.8. The fourth-order valence-corrected chi connectivity index (χ4v) is 7.19. The van der Waals surface area contributed by atoms with Crippen molar-refractivity contribution in [3.05, 3.63) is 41.5 Å². The highest BCUT2D eigenvalue weighted by Gasteiger charge is 2.69. The van der Waals surface area contributed by atoms with E-state index in [1.807, 2.05) is 11.0 Å². The molecule has 1 aromatic heterocycles. The molecule has 0 radical (unpaired) electrons. The van der Waals surface area contributed by atoms with Crippen LogP contribution in [0.2, 0.25) is 0 Å². The van der Waals surface area contributed by atoms with Gasteiger partial charge >= 0.3 is 0 Å². The third kappa shape index (κ3) is 3.74. The topological polar surface area (TPSA) is 127 Å². The molecule has 7 fully saturated rings. The van der Waals surface area contributed by atoms with Gasteiger partial charge in [0.1, 0.15) is 11.3 Å². The number of ether oxygens (including phenoxy) is 1. The molecule has 5 saturated carbocycles. The van der Waals surface area contributed by atoms with Crippen molar-refractivity contribution in [1.29, 1.82) is 0 Å². The van der Waals surface area contributed by atoms with E-state index >= 15 is 0 Å². The molecule has 0 unspecified atom stereocenters. The van der Waals surface area contributed by atoms with Crippen molar-refractivity contribution >= 4 is 17.4 Å². The average Bonchev–Trinajstić information content (AvgIpc) is 3.62. The van der Waals surface area contributed by atoms with Gasteiger partial charge in [0.15, 0.2) is 11.7 Å². The number of carbonyl (C=O) groups is 1. The maximum Gasteiger partial charge on any atom is 0.258 e. The largest absolute Gasteiger partial charge is 0.409 e. The SMILES string of the molecule is N/C(=N\O)c1cccc(N(CC23CCC(c4nc(C5CC5)no4)(CC2)OC3)C(=O)CC23CC(F)(C2)C3)c1. The number of rotatable bonds is 8. The molecule has 2 aliphatic heterocycles. The van der Waals surface area contributed by atoms with Crippen molar-refractivity contribution in [2.75, 3.05) is 18.1 Å². The van der Waals surface area contributed by atoms with Crippen molar-refractivity contribution in [2.45, 2.75) is 81.4 Å². The number of oxime groups is 1. The number of benzene rings is 1. The lowest BCUT2D eigenvalue weighted by Crippen LogP contribution is -2.65. The van der Waals surface area contributed by atoms with E-state index in [9.17, 15) is 9.18 Å². The molecule has 2 aromatic rings. The number of nitrogens with zero attached hydrogens (tertiary/aromatic N) is 4. The fourth-order valence-electron chi connectivity index (χ4n) is 7.19. The molecule has 4 bridgehead atoms. The second kappa shape index (κ2) is 7.75. The summed E-state index contributed by atoms with van der Waals surface area (Å²) in [4.78, 5) is 20.3. The van der Waals surface area contributed by atoms with E-state index in [-0.39, 0.29) is 22.6 Å². The van der Waals surface area contributed by atoms with Gasteiger partial charge in [-0.15, -0.1) is 0 Å². The summed E-state index contributed by atoms with van der Waals surface area (Å²) in [6.45, 7) is 0.992. The molecule has 2 saturated heterocycles. The highest BCUT2D eigenvalue weighted by Crippen LogP contribution is 2.71. The number of amides is 1. The first-order valence-electron chi connectivity index (χ1n) is 13.3. The number of amidine groups is 1. The van der Waals surface area contributed by atoms with Gasteiger partial charge in [-0.1, -0.05) is 22.4 Å². The Balaban J connectivity index is 1.12. The second-order valence-electron chi connectivity index (χ2n) is 12.4. The first-order chi connectivity index (χ1) is 17.7. The van der Waals surface area contributed by atoms with E-state index < -0.39 is 11.3 Å². The number of hydrogen-bond donors (Lipinski definition) is 2. The molecule has 5 aliphatic carbocycles. The third-order valence-corrected chi connectivity index (χ3v) is 9.50. The van der Waals surface area contributed by atoms with Crippen LogP contribution in [0.1, 0.15) is 87.4 Å². The summed E-state index contributed by atoms with van der Waals surface area (Å²) >= 11 is 0. The van der Waals surface area contributed by atoms with E-state index in [1.165, 1.54) is 0 Å². The van der Waals surface area contributed by atoms with Crippen LogP contribution in [0.25, 0.3) is 0 Å². The van der Waals surface area contributed by atoms with E-state index in [2.05, 4.69) is 15.3 Å². The van der Waals surface area contributed by atoms with Gasteiger partial charge in [0.25, 0.3) is 5.89 Å². The zero-order valence-electron chi connectivity index (χ0n) is 20.8. The van der Waals surface area contributed by atoms with Crippen LogP contribution in [-0.4, -0.2) is 45.9 Å². The summed E-state index contributed by atoms with van der Waals surface area (Å²) in [6, 6.07) is 7.19. The van der Waals surface area contributed by atoms with Crippen molar-refractivity contribution in [2.24, 2.45) is 21.7 Å². The summed E-state index contributed by atoms with van der Waals surface area (Å²) in [5.41, 5.74) is 5.08. The summed E-state index contributed by atoms with van der Waals surface area (Å²) in [5, 5.41) is 16.5. The molecule has 9 nitrogen and oxygen atoms in total. The lowest BCUT2D eigenvalue weighted by atomic mass is 9.41. The Kier molecular flexibility index (Phi) is 4.85. The van der Waals surface area contributed by atoms with Crippen LogP contribution in [0, 0.1) is 10.8 Å². The number of carbonyl (C=O) groups excluding carboxylic acids is 1. The molecule has 3 N–H and O–H groups in total. The minimum atomic E-state index is -1.05. The molecule has 196 valence electrons. The molecule has 1 aromatic carbocycles. The van der Waals surface area contributed by atoms with Gasteiger partial charge in [-0.05, 0) is 75.3 Å². The normalized spacial score (nSPS) is 36.1. The van der Waals surface area contributed by atoms with Gasteiger partial charge in [0, 0.05) is 35.5 Å². The highest BCUT2D eigenvalue weighted by molar-refractivity contribution is 6.00. The molecular formula is C27H32FN5O4. The molecule has 0 atom stereocenters. The summed E-state index contributed by atoms with van der Waals surface area (Å²) in [6.07, 6.45) is 7.27. The van der Waals surface area contributed by atoms with Gasteiger partial charge in [-0.2, -0.15) is 4.98 Å². The molecule has 10 heteroatoms. The lowest BCUT2D eigenvalue weighted by Gasteiger charge is -2.66. The van der Waals surface area contributed by atoms with E-state index in [1.54, 1.807) is 18.2 Å². The fraction of sp³-hybridized carbons (Fsp3) is 0.630. The van der Waals surface area contributed by atoms with Gasteiger partial charge in [-0.25, -0.2) is 4.39 Å². The predicted octanol–water partition coefficient (Wildman–Crippen LogP) is 4.14. The van der Waals surface area contributed by atoms with E-state index in [0.29, 0.717) is 61.9 Å². The zero-order chi connectivity index (χ0) is 25.5. The Morgan fingerprint density at radius 1 is 1.19 bits per heavy atom. The Hall–Kier alpha value is -3.01. The van der Waals surface area contributed by atoms with Crippen molar-refractivity contribution in [3.63, 3.8) is 0 Å². The molecular weight excluding hydrogens is 477 g/mol. The van der Waals surface area contributed by atoms with Crippen LogP contribution in [0.3, 0.4) is 0 Å². The molecule has 9 rings (SSSR count). The Morgan fingerprint density at radius 3 is 2.57 bits per heavy atom. The van der Waals surface area contributed by atoms with Crippen LogP contribution >= 0.6 is 0 Å². The summed E-state index contributed by atoms with van der Waals surface area (Å²) in [5.74, 6) is 1.78. The first kappa shape index (κ1) is 23.1. The lowest BCUT2D eigenvalue weighted by molar-refractivity contribution is -0.215. The monoisotopic (exact) mass is 509 g/mol. The van der Waals surface area contributed by atoms with Crippen LogP contribution in [0.15, 0.2) is 33.9 Å². The summed E-state index contributed by atoms with van der Waals surface area (Å²) in [7, 11) is 0. The third-order valence-electron chi connectivity index (χ3n) is 9.50. The molecule has 37 heavy (non-hydrogen) atoms. The first-order valence-corrected chi connectivity index (χ1v) is 13.3. The van der Waals surface area contributed by atoms with Crippen molar-refractivity contribution in [1.82, 2.24) is 10.1 Å². The number of nitrogens with two attached hydrogens (primary N) is 1. The van der Waals surface area contributed by atoms with Crippen LogP contribution in [0.4, 0.5) is 10.1 Å². The average molecular weight is 510 g/mol. The number of fused-ring (bicyclic) bond motifs is 3. The molecule has 1 amide bonds. The number of halogens is 1.